The molecule has 0 bridgehead atoms. The zero-order valence-corrected chi connectivity index (χ0v) is 18.4. The Morgan fingerprint density at radius 1 is 1.00 bits per heavy atom. The summed E-state index contributed by atoms with van der Waals surface area (Å²) in [5.41, 5.74) is 2.88. The highest BCUT2D eigenvalue weighted by molar-refractivity contribution is 5.89. The van der Waals surface area contributed by atoms with Gasteiger partial charge in [0, 0.05) is 5.56 Å². The van der Waals surface area contributed by atoms with E-state index in [-0.39, 0.29) is 24.0 Å². The van der Waals surface area contributed by atoms with Crippen molar-refractivity contribution >= 4 is 22.9 Å². The summed E-state index contributed by atoms with van der Waals surface area (Å²) in [5, 5.41) is 0.516. The van der Waals surface area contributed by atoms with Gasteiger partial charge in [-0.25, -0.2) is 4.79 Å². The van der Waals surface area contributed by atoms with Crippen molar-refractivity contribution < 1.29 is 18.8 Å². The normalized spacial score (nSPS) is 16.3. The minimum Gasteiger partial charge on any atom is -0.444 e. The van der Waals surface area contributed by atoms with Crippen LogP contribution >= 0.6 is 0 Å². The van der Waals surface area contributed by atoms with Gasteiger partial charge in [0.2, 0.25) is 11.3 Å². The number of nitrogens with zero attached hydrogens (tertiary/aromatic N) is 1. The first-order valence-electron chi connectivity index (χ1n) is 11.0. The summed E-state index contributed by atoms with van der Waals surface area (Å²) in [5.74, 6) is 0.278. The molecule has 0 aliphatic carbocycles. The van der Waals surface area contributed by atoms with Gasteiger partial charge in [0.1, 0.15) is 30.3 Å². The lowest BCUT2D eigenvalue weighted by Crippen LogP contribution is -3.13. The second-order valence-corrected chi connectivity index (χ2v) is 8.30. The number of quaternary nitrogens is 1. The number of fused-ring (bicyclic) bond motifs is 2. The van der Waals surface area contributed by atoms with Crippen molar-refractivity contribution in [2.75, 3.05) is 11.6 Å². The maximum atomic E-state index is 13.4. The topological polar surface area (TPSA) is 64.2 Å². The number of nitrogens with one attached hydrogen (secondary N) is 1. The third-order valence-corrected chi connectivity index (χ3v) is 6.22. The lowest BCUT2D eigenvalue weighted by atomic mass is 10.0. The van der Waals surface area contributed by atoms with Crippen LogP contribution in [0.2, 0.25) is 0 Å². The Hall–Kier alpha value is -3.90. The molecule has 0 radical (unpaired) electrons. The summed E-state index contributed by atoms with van der Waals surface area (Å²) in [6, 6.07) is 26.8. The third-order valence-electron chi connectivity index (χ3n) is 6.22. The van der Waals surface area contributed by atoms with E-state index in [1.54, 1.807) is 12.1 Å². The van der Waals surface area contributed by atoms with Crippen LogP contribution in [-0.4, -0.2) is 12.8 Å². The van der Waals surface area contributed by atoms with Crippen LogP contribution < -0.4 is 15.2 Å². The van der Waals surface area contributed by atoms with Crippen molar-refractivity contribution in [3.8, 4) is 0 Å². The molecule has 6 nitrogen and oxygen atoms in total. The number of rotatable bonds is 4. The fourth-order valence-corrected chi connectivity index (χ4v) is 4.31. The SMILES string of the molecule is CC(c1ccccc1)[NH+]1Cc2c(oc3ccccc3c2=O)N(C(=O)OCc2ccccc2)C1. The molecule has 1 aliphatic rings. The van der Waals surface area contributed by atoms with Crippen LogP contribution in [-0.2, 0) is 17.9 Å². The minimum atomic E-state index is -0.531. The van der Waals surface area contributed by atoms with Gasteiger partial charge >= 0.3 is 6.09 Å². The number of carbonyl (C=O) groups excluding carboxylic acids is 1. The first kappa shape index (κ1) is 21.0. The van der Waals surface area contributed by atoms with Crippen molar-refractivity contribution in [1.29, 1.82) is 0 Å². The molecule has 1 aliphatic heterocycles. The quantitative estimate of drug-likeness (QED) is 0.519. The molecule has 3 aromatic carbocycles. The number of anilines is 1. The maximum absolute atomic E-state index is 13.4. The fourth-order valence-electron chi connectivity index (χ4n) is 4.31. The molecule has 1 amide bonds. The van der Waals surface area contributed by atoms with Crippen molar-refractivity contribution in [2.45, 2.75) is 26.1 Å². The summed E-state index contributed by atoms with van der Waals surface area (Å²) in [4.78, 5) is 29.1. The molecular formula is C27H25N2O4+. The molecule has 4 aromatic rings. The van der Waals surface area contributed by atoms with Gasteiger partial charge in [-0.3, -0.25) is 4.79 Å². The molecule has 2 heterocycles. The molecule has 0 spiro atoms. The van der Waals surface area contributed by atoms with Crippen molar-refractivity contribution in [3.63, 3.8) is 0 Å². The molecule has 166 valence electrons. The van der Waals surface area contributed by atoms with Crippen LogP contribution in [0, 0.1) is 0 Å². The van der Waals surface area contributed by atoms with Crippen LogP contribution in [0.15, 0.2) is 94.1 Å². The van der Waals surface area contributed by atoms with Crippen LogP contribution in [0.5, 0.6) is 0 Å². The molecule has 2 atom stereocenters. The number of amides is 1. The van der Waals surface area contributed by atoms with E-state index >= 15 is 0 Å². The lowest BCUT2D eigenvalue weighted by Gasteiger charge is -2.35. The molecule has 1 aromatic heterocycles. The predicted molar refractivity (Wildman–Crippen MR) is 126 cm³/mol. The maximum Gasteiger partial charge on any atom is 0.421 e. The number of ether oxygens (including phenoxy) is 1. The highest BCUT2D eigenvalue weighted by atomic mass is 16.6. The number of benzene rings is 3. The Morgan fingerprint density at radius 3 is 2.42 bits per heavy atom. The Balaban J connectivity index is 1.52. The Kier molecular flexibility index (Phi) is 5.67. The summed E-state index contributed by atoms with van der Waals surface area (Å²) >= 11 is 0. The first-order chi connectivity index (χ1) is 16.1. The Bertz CT molecular complexity index is 1330. The summed E-state index contributed by atoms with van der Waals surface area (Å²) in [6.07, 6.45) is -0.531. The van der Waals surface area contributed by atoms with E-state index in [0.717, 1.165) is 16.0 Å². The summed E-state index contributed by atoms with van der Waals surface area (Å²) < 4.78 is 11.7. The number of hydrogen-bond donors (Lipinski definition) is 1. The van der Waals surface area contributed by atoms with Crippen LogP contribution in [0.3, 0.4) is 0 Å². The molecule has 0 saturated carbocycles. The second kappa shape index (κ2) is 8.92. The first-order valence-corrected chi connectivity index (χ1v) is 11.0. The highest BCUT2D eigenvalue weighted by Gasteiger charge is 2.38. The van der Waals surface area contributed by atoms with E-state index in [2.05, 4.69) is 19.1 Å². The zero-order chi connectivity index (χ0) is 22.8. The van der Waals surface area contributed by atoms with Crippen molar-refractivity contribution in [3.05, 3.63) is 112 Å². The Morgan fingerprint density at radius 2 is 1.67 bits per heavy atom. The minimum absolute atomic E-state index is 0.0645. The van der Waals surface area contributed by atoms with Gasteiger partial charge in [0.05, 0.1) is 5.39 Å². The van der Waals surface area contributed by atoms with Gasteiger partial charge in [-0.05, 0) is 24.6 Å². The monoisotopic (exact) mass is 441 g/mol. The van der Waals surface area contributed by atoms with Gasteiger partial charge in [0.25, 0.3) is 0 Å². The third kappa shape index (κ3) is 4.13. The van der Waals surface area contributed by atoms with Crippen LogP contribution in [0.4, 0.5) is 10.7 Å². The van der Waals surface area contributed by atoms with E-state index in [4.69, 9.17) is 9.15 Å². The van der Waals surface area contributed by atoms with Crippen molar-refractivity contribution in [2.24, 2.45) is 0 Å². The molecular weight excluding hydrogens is 416 g/mol. The van der Waals surface area contributed by atoms with E-state index in [1.165, 1.54) is 4.90 Å². The van der Waals surface area contributed by atoms with Gasteiger partial charge in [-0.1, -0.05) is 72.8 Å². The van der Waals surface area contributed by atoms with E-state index in [9.17, 15) is 9.59 Å². The smallest absolute Gasteiger partial charge is 0.421 e. The molecule has 5 rings (SSSR count). The standard InChI is InChI=1S/C27H24N2O4/c1-19(21-12-6-3-7-13-21)28-16-23-25(30)22-14-8-9-15-24(22)33-26(23)29(18-28)27(31)32-17-20-10-4-2-5-11-20/h2-15,19H,16-18H2,1H3/p+1. The van der Waals surface area contributed by atoms with Crippen molar-refractivity contribution in [1.82, 2.24) is 0 Å². The fraction of sp³-hybridized carbons (Fsp3) is 0.185. The Labute approximate surface area is 191 Å². The average molecular weight is 442 g/mol. The molecule has 33 heavy (non-hydrogen) atoms. The van der Waals surface area contributed by atoms with Gasteiger partial charge in [-0.15, -0.1) is 0 Å². The predicted octanol–water partition coefficient (Wildman–Crippen LogP) is 4.05. The molecule has 0 saturated heterocycles. The lowest BCUT2D eigenvalue weighted by molar-refractivity contribution is -0.943. The van der Waals surface area contributed by atoms with E-state index in [1.807, 2.05) is 60.7 Å². The zero-order valence-electron chi connectivity index (χ0n) is 18.4. The van der Waals surface area contributed by atoms with Gasteiger partial charge in [0.15, 0.2) is 6.67 Å². The summed E-state index contributed by atoms with van der Waals surface area (Å²) in [7, 11) is 0. The summed E-state index contributed by atoms with van der Waals surface area (Å²) in [6.45, 7) is 3.04. The van der Waals surface area contributed by atoms with Crippen LogP contribution in [0.25, 0.3) is 11.0 Å². The highest BCUT2D eigenvalue weighted by Crippen LogP contribution is 2.26. The molecule has 6 heteroatoms. The second-order valence-electron chi connectivity index (χ2n) is 8.30. The van der Waals surface area contributed by atoms with Gasteiger partial charge < -0.3 is 14.1 Å². The van der Waals surface area contributed by atoms with Crippen LogP contribution in [0.1, 0.15) is 29.7 Å². The largest absolute Gasteiger partial charge is 0.444 e. The molecule has 1 N–H and O–H groups in total. The van der Waals surface area contributed by atoms with Gasteiger partial charge in [-0.2, -0.15) is 4.90 Å². The number of hydrogen-bond acceptors (Lipinski definition) is 4. The average Bonchev–Trinajstić information content (AvgIpc) is 2.88. The molecule has 0 fully saturated rings. The number of carbonyl (C=O) groups is 1. The van der Waals surface area contributed by atoms with E-state index < -0.39 is 6.09 Å². The van der Waals surface area contributed by atoms with E-state index in [0.29, 0.717) is 29.7 Å². The number of para-hydroxylation sites is 1. The molecule has 2 unspecified atom stereocenters.